The van der Waals surface area contributed by atoms with Crippen LogP contribution in [0, 0.1) is 0 Å². The molecule has 7 nitrogen and oxygen atoms in total. The van der Waals surface area contributed by atoms with Crippen molar-refractivity contribution in [3.05, 3.63) is 23.8 Å². The Morgan fingerprint density at radius 1 is 1.30 bits per heavy atom. The van der Waals surface area contributed by atoms with E-state index in [1.165, 1.54) is 6.92 Å². The summed E-state index contributed by atoms with van der Waals surface area (Å²) in [5.41, 5.74) is 0.851. The number of rotatable bonds is 8. The molecule has 1 aliphatic heterocycles. The number of hydrogen-bond donors (Lipinski definition) is 2. The van der Waals surface area contributed by atoms with Crippen LogP contribution < -0.4 is 19.5 Å². The molecule has 0 fully saturated rings. The van der Waals surface area contributed by atoms with Crippen molar-refractivity contribution in [2.45, 2.75) is 39.3 Å². The Labute approximate surface area is 136 Å². The molecule has 1 aliphatic rings. The first kappa shape index (κ1) is 17.6. The van der Waals surface area contributed by atoms with Gasteiger partial charge in [-0.1, -0.05) is 19.4 Å². The molecule has 0 saturated carbocycles. The van der Waals surface area contributed by atoms with Crippen LogP contribution in [0.2, 0.25) is 0 Å². The van der Waals surface area contributed by atoms with Crippen molar-refractivity contribution in [3.8, 4) is 11.5 Å². The summed E-state index contributed by atoms with van der Waals surface area (Å²) in [5.74, 6) is 0.980. The van der Waals surface area contributed by atoms with Gasteiger partial charge < -0.3 is 14.8 Å². The highest BCUT2D eigenvalue weighted by atomic mass is 32.2. The smallest absolute Gasteiger partial charge is 0.238 e. The zero-order valence-corrected chi connectivity index (χ0v) is 14.1. The molecule has 1 amide bonds. The molecule has 2 N–H and O–H groups in total. The fraction of sp³-hybridized carbons (Fsp3) is 0.533. The molecule has 0 bridgehead atoms. The van der Waals surface area contributed by atoms with Gasteiger partial charge in [0.15, 0.2) is 11.5 Å². The van der Waals surface area contributed by atoms with Crippen molar-refractivity contribution < 1.29 is 22.7 Å². The third-order valence-electron chi connectivity index (χ3n) is 3.42. The minimum atomic E-state index is -3.43. The van der Waals surface area contributed by atoms with E-state index in [1.807, 2.05) is 13.0 Å². The van der Waals surface area contributed by atoms with Crippen LogP contribution in [0.1, 0.15) is 32.3 Å². The van der Waals surface area contributed by atoms with Crippen molar-refractivity contribution in [1.29, 1.82) is 0 Å². The zero-order valence-electron chi connectivity index (χ0n) is 13.3. The summed E-state index contributed by atoms with van der Waals surface area (Å²) in [6.45, 7) is 3.92. The normalized spacial score (nSPS) is 14.5. The second-order valence-electron chi connectivity index (χ2n) is 5.42. The Kier molecular flexibility index (Phi) is 5.84. The van der Waals surface area contributed by atoms with Gasteiger partial charge in [0.25, 0.3) is 0 Å². The van der Waals surface area contributed by atoms with E-state index in [0.29, 0.717) is 17.9 Å². The topological polar surface area (TPSA) is 93.7 Å². The fourth-order valence-electron chi connectivity index (χ4n) is 2.11. The number of fused-ring (bicyclic) bond motifs is 1. The minimum absolute atomic E-state index is 0.0310. The lowest BCUT2D eigenvalue weighted by atomic mass is 10.2. The van der Waals surface area contributed by atoms with Crippen molar-refractivity contribution in [2.24, 2.45) is 0 Å². The number of sulfonamides is 1. The van der Waals surface area contributed by atoms with E-state index < -0.39 is 16.1 Å². The van der Waals surface area contributed by atoms with Crippen LogP contribution in [0.25, 0.3) is 0 Å². The number of amides is 1. The van der Waals surface area contributed by atoms with Gasteiger partial charge in [-0.05, 0) is 31.0 Å². The molecule has 8 heteroatoms. The molecule has 0 saturated heterocycles. The van der Waals surface area contributed by atoms with Gasteiger partial charge in [-0.3, -0.25) is 4.79 Å². The second kappa shape index (κ2) is 7.65. The van der Waals surface area contributed by atoms with Gasteiger partial charge in [-0.25, -0.2) is 13.1 Å². The Morgan fingerprint density at radius 2 is 2.04 bits per heavy atom. The average molecular weight is 342 g/mol. The first-order valence-corrected chi connectivity index (χ1v) is 9.23. The highest BCUT2D eigenvalue weighted by Crippen LogP contribution is 2.32. The summed E-state index contributed by atoms with van der Waals surface area (Å²) < 4.78 is 36.4. The number of carbonyl (C=O) groups is 1. The number of hydrogen-bond acceptors (Lipinski definition) is 5. The number of ether oxygens (including phenoxy) is 2. The third kappa shape index (κ3) is 5.11. The van der Waals surface area contributed by atoms with Gasteiger partial charge in [-0.15, -0.1) is 0 Å². The lowest BCUT2D eigenvalue weighted by molar-refractivity contribution is -0.122. The Morgan fingerprint density at radius 3 is 2.78 bits per heavy atom. The molecular weight excluding hydrogens is 320 g/mol. The van der Waals surface area contributed by atoms with Crippen molar-refractivity contribution >= 4 is 15.9 Å². The van der Waals surface area contributed by atoms with Crippen LogP contribution in [-0.2, 0) is 21.4 Å². The van der Waals surface area contributed by atoms with Gasteiger partial charge in [0.2, 0.25) is 22.7 Å². The predicted molar refractivity (Wildman–Crippen MR) is 85.7 cm³/mol. The third-order valence-corrected chi connectivity index (χ3v) is 4.96. The number of benzene rings is 1. The molecular formula is C15H22N2O5S. The molecule has 1 atom stereocenters. The summed E-state index contributed by atoms with van der Waals surface area (Å²) in [6, 6.07) is 4.58. The summed E-state index contributed by atoms with van der Waals surface area (Å²) in [6.07, 6.45) is 1.35. The molecule has 23 heavy (non-hydrogen) atoms. The van der Waals surface area contributed by atoms with E-state index >= 15 is 0 Å². The van der Waals surface area contributed by atoms with Crippen LogP contribution in [0.15, 0.2) is 18.2 Å². The Bertz CT molecular complexity index is 660. The number of unbranched alkanes of at least 4 members (excludes halogenated alkanes) is 1. The van der Waals surface area contributed by atoms with Gasteiger partial charge >= 0.3 is 0 Å². The lowest BCUT2D eigenvalue weighted by Gasteiger charge is -2.14. The van der Waals surface area contributed by atoms with Gasteiger partial charge in [0.1, 0.15) is 0 Å². The first-order chi connectivity index (χ1) is 10.9. The molecule has 0 aromatic heterocycles. The van der Waals surface area contributed by atoms with E-state index in [9.17, 15) is 13.2 Å². The van der Waals surface area contributed by atoms with Crippen LogP contribution in [-0.4, -0.2) is 32.9 Å². The van der Waals surface area contributed by atoms with Gasteiger partial charge in [-0.2, -0.15) is 0 Å². The molecule has 2 rings (SSSR count). The molecule has 0 radical (unpaired) electrons. The van der Waals surface area contributed by atoms with Crippen LogP contribution >= 0.6 is 0 Å². The molecule has 0 unspecified atom stereocenters. The number of nitrogens with one attached hydrogen (secondary N) is 2. The first-order valence-electron chi connectivity index (χ1n) is 7.57. The molecule has 128 valence electrons. The summed E-state index contributed by atoms with van der Waals surface area (Å²) in [4.78, 5) is 12.0. The van der Waals surface area contributed by atoms with Gasteiger partial charge in [0, 0.05) is 6.54 Å². The fourth-order valence-corrected chi connectivity index (χ4v) is 3.54. The van der Waals surface area contributed by atoms with E-state index in [4.69, 9.17) is 9.47 Å². The van der Waals surface area contributed by atoms with E-state index in [0.717, 1.165) is 12.0 Å². The standard InChI is InChI=1S/C15H22N2O5S/c1-3-4-7-23(19,20)17-11(2)15(18)16-9-12-5-6-13-14(8-12)22-10-21-13/h5-6,8,11,17H,3-4,7,9-10H2,1-2H3,(H,16,18)/t11-/m0/s1. The highest BCUT2D eigenvalue weighted by Gasteiger charge is 2.20. The summed E-state index contributed by atoms with van der Waals surface area (Å²) in [7, 11) is -3.43. The van der Waals surface area contributed by atoms with E-state index in [2.05, 4.69) is 10.0 Å². The van der Waals surface area contributed by atoms with Crippen molar-refractivity contribution in [2.75, 3.05) is 12.5 Å². The maximum Gasteiger partial charge on any atom is 0.238 e. The lowest BCUT2D eigenvalue weighted by Crippen LogP contribution is -2.45. The molecule has 0 spiro atoms. The Hall–Kier alpha value is -1.80. The van der Waals surface area contributed by atoms with Gasteiger partial charge in [0.05, 0.1) is 11.8 Å². The highest BCUT2D eigenvalue weighted by molar-refractivity contribution is 7.89. The van der Waals surface area contributed by atoms with Crippen molar-refractivity contribution in [3.63, 3.8) is 0 Å². The minimum Gasteiger partial charge on any atom is -0.454 e. The van der Waals surface area contributed by atoms with E-state index in [-0.39, 0.29) is 25.0 Å². The SMILES string of the molecule is CCCCS(=O)(=O)N[C@@H](C)C(=O)NCc1ccc2c(c1)OCO2. The molecule has 1 heterocycles. The largest absolute Gasteiger partial charge is 0.454 e. The summed E-state index contributed by atoms with van der Waals surface area (Å²) >= 11 is 0. The Balaban J connectivity index is 1.84. The zero-order chi connectivity index (χ0) is 16.9. The second-order valence-corrected chi connectivity index (χ2v) is 7.29. The van der Waals surface area contributed by atoms with Crippen LogP contribution in [0.5, 0.6) is 11.5 Å². The van der Waals surface area contributed by atoms with Crippen molar-refractivity contribution in [1.82, 2.24) is 10.0 Å². The quantitative estimate of drug-likeness (QED) is 0.739. The maximum atomic E-state index is 12.0. The maximum absolute atomic E-state index is 12.0. The van der Waals surface area contributed by atoms with Crippen LogP contribution in [0.4, 0.5) is 0 Å². The predicted octanol–water partition coefficient (Wildman–Crippen LogP) is 1.14. The van der Waals surface area contributed by atoms with Crippen LogP contribution in [0.3, 0.4) is 0 Å². The molecule has 1 aromatic carbocycles. The molecule has 0 aliphatic carbocycles. The average Bonchev–Trinajstić information content (AvgIpc) is 2.97. The van der Waals surface area contributed by atoms with E-state index in [1.54, 1.807) is 12.1 Å². The summed E-state index contributed by atoms with van der Waals surface area (Å²) in [5, 5.41) is 2.71. The number of carbonyl (C=O) groups excluding carboxylic acids is 1. The molecule has 1 aromatic rings. The monoisotopic (exact) mass is 342 g/mol.